The molecule has 4 N–H and O–H groups in total. The molecule has 2 aliphatic rings. The van der Waals surface area contributed by atoms with Gasteiger partial charge in [0.25, 0.3) is 0 Å². The molecule has 1 saturated carbocycles. The van der Waals surface area contributed by atoms with Crippen molar-refractivity contribution in [3.8, 4) is 0 Å². The van der Waals surface area contributed by atoms with Crippen molar-refractivity contribution in [2.45, 2.75) is 87.7 Å². The van der Waals surface area contributed by atoms with Gasteiger partial charge in [-0.3, -0.25) is 0 Å². The molecule has 2 unspecified atom stereocenters. The van der Waals surface area contributed by atoms with E-state index in [9.17, 15) is 20.1 Å². The molecule has 1 aliphatic heterocycles. The first kappa shape index (κ1) is 26.5. The monoisotopic (exact) mass is 491 g/mol. The fraction of sp³-hybridized carbons (Fsp3) is 0.667. The first-order chi connectivity index (χ1) is 16.8. The summed E-state index contributed by atoms with van der Waals surface area (Å²) in [6.45, 7) is 1.82. The molecule has 14 heteroatoms. The van der Waals surface area contributed by atoms with Crippen LogP contribution in [0.15, 0.2) is 40.6 Å². The van der Waals surface area contributed by atoms with Gasteiger partial charge < -0.3 is 34.8 Å². The van der Waals surface area contributed by atoms with Crippen LogP contribution in [0.25, 0.3) is 20.9 Å². The summed E-state index contributed by atoms with van der Waals surface area (Å²) >= 11 is 0. The molecule has 14 nitrogen and oxygen atoms in total. The van der Waals surface area contributed by atoms with Gasteiger partial charge in [0, 0.05) is 9.82 Å². The third-order valence-electron chi connectivity index (χ3n) is 6.12. The Morgan fingerprint density at radius 3 is 2.51 bits per heavy atom. The fourth-order valence-corrected chi connectivity index (χ4v) is 4.19. The average molecular weight is 492 g/mol. The van der Waals surface area contributed by atoms with E-state index in [2.05, 4.69) is 25.4 Å². The molecule has 1 aromatic rings. The van der Waals surface area contributed by atoms with Gasteiger partial charge in [0.05, 0.1) is 36.4 Å². The predicted molar refractivity (Wildman–Crippen MR) is 120 cm³/mol. The molecule has 0 aromatic heterocycles. The van der Waals surface area contributed by atoms with Crippen molar-refractivity contribution < 1.29 is 34.3 Å². The molecule has 1 amide bonds. The zero-order valence-electron chi connectivity index (χ0n) is 19.1. The third kappa shape index (κ3) is 6.96. The zero-order valence-corrected chi connectivity index (χ0v) is 19.1. The first-order valence-corrected chi connectivity index (χ1v) is 11.2. The Morgan fingerprint density at radius 2 is 1.83 bits per heavy atom. The van der Waals surface area contributed by atoms with Gasteiger partial charge in [-0.05, 0) is 42.8 Å². The van der Waals surface area contributed by atoms with Crippen molar-refractivity contribution in [1.82, 2.24) is 5.32 Å². The maximum Gasteiger partial charge on any atom is 0.407 e. The van der Waals surface area contributed by atoms with Gasteiger partial charge in [-0.25, -0.2) is 4.79 Å². The molecular weight excluding hydrogens is 462 g/mol. The number of alkyl carbamates (subject to hydrolysis) is 1. The highest BCUT2D eigenvalue weighted by Gasteiger charge is 2.46. The zero-order chi connectivity index (χ0) is 25.4. The number of hydrogen-bond donors (Lipinski definition) is 4. The SMILES string of the molecule is C[C@@H](NC(=O)OCc1ccccc1)[C@@H]1CC[C@H](O)[C@@H](O[C@@H]2C(N=[N+]=[N-])CC(N=[N+]=[N-])[C@H](O)[C@H]2O)O1. The Hall–Kier alpha value is -3.09. The van der Waals surface area contributed by atoms with E-state index in [1.54, 1.807) is 6.92 Å². The normalized spacial score (nSPS) is 33.5. The van der Waals surface area contributed by atoms with Crippen LogP contribution in [-0.4, -0.2) is 76.3 Å². The molecule has 2 fully saturated rings. The summed E-state index contributed by atoms with van der Waals surface area (Å²) in [5.41, 5.74) is 18.4. The average Bonchev–Trinajstić information content (AvgIpc) is 2.85. The van der Waals surface area contributed by atoms with Crippen LogP contribution in [0.2, 0.25) is 0 Å². The molecule has 1 saturated heterocycles. The highest BCUT2D eigenvalue weighted by atomic mass is 16.7. The Bertz CT molecular complexity index is 941. The number of aliphatic hydroxyl groups excluding tert-OH is 3. The summed E-state index contributed by atoms with van der Waals surface area (Å²) < 4.78 is 16.9. The first-order valence-electron chi connectivity index (χ1n) is 11.2. The lowest BCUT2D eigenvalue weighted by atomic mass is 9.84. The van der Waals surface area contributed by atoms with E-state index in [1.165, 1.54) is 0 Å². The van der Waals surface area contributed by atoms with Crippen molar-refractivity contribution in [3.05, 3.63) is 56.8 Å². The van der Waals surface area contributed by atoms with E-state index in [1.807, 2.05) is 30.3 Å². The second-order valence-corrected chi connectivity index (χ2v) is 8.54. The molecule has 0 radical (unpaired) electrons. The highest BCUT2D eigenvalue weighted by Crippen LogP contribution is 2.31. The number of aliphatic hydroxyl groups is 3. The van der Waals surface area contributed by atoms with Gasteiger partial charge in [-0.15, -0.1) is 0 Å². The van der Waals surface area contributed by atoms with Crippen LogP contribution in [-0.2, 0) is 20.8 Å². The summed E-state index contributed by atoms with van der Waals surface area (Å²) in [5, 5.41) is 41.0. The minimum absolute atomic E-state index is 0.0610. The summed E-state index contributed by atoms with van der Waals surface area (Å²) in [4.78, 5) is 17.6. The van der Waals surface area contributed by atoms with Crippen molar-refractivity contribution in [2.24, 2.45) is 10.2 Å². The molecule has 1 heterocycles. The number of rotatable bonds is 8. The number of amides is 1. The van der Waals surface area contributed by atoms with E-state index < -0.39 is 61.0 Å². The van der Waals surface area contributed by atoms with Crippen LogP contribution >= 0.6 is 0 Å². The maximum atomic E-state index is 12.2. The lowest BCUT2D eigenvalue weighted by molar-refractivity contribution is -0.281. The molecule has 35 heavy (non-hydrogen) atoms. The van der Waals surface area contributed by atoms with Crippen molar-refractivity contribution in [1.29, 1.82) is 0 Å². The minimum Gasteiger partial charge on any atom is -0.445 e. The van der Waals surface area contributed by atoms with Crippen LogP contribution in [0.5, 0.6) is 0 Å². The van der Waals surface area contributed by atoms with Gasteiger partial charge in [-0.2, -0.15) is 0 Å². The second-order valence-electron chi connectivity index (χ2n) is 8.54. The molecule has 1 aliphatic carbocycles. The van der Waals surface area contributed by atoms with E-state index in [0.29, 0.717) is 6.42 Å². The highest BCUT2D eigenvalue weighted by molar-refractivity contribution is 5.67. The molecular formula is C21H29N7O7. The Kier molecular flexibility index (Phi) is 9.52. The van der Waals surface area contributed by atoms with E-state index >= 15 is 0 Å². The lowest BCUT2D eigenvalue weighted by Gasteiger charge is -2.43. The molecule has 0 spiro atoms. The van der Waals surface area contributed by atoms with Crippen LogP contribution < -0.4 is 5.32 Å². The summed E-state index contributed by atoms with van der Waals surface area (Å²) in [7, 11) is 0. The molecule has 1 aromatic carbocycles. The molecule has 0 bridgehead atoms. The van der Waals surface area contributed by atoms with Gasteiger partial charge >= 0.3 is 6.09 Å². The molecule has 190 valence electrons. The van der Waals surface area contributed by atoms with Crippen molar-refractivity contribution in [3.63, 3.8) is 0 Å². The topological polar surface area (TPSA) is 215 Å². The van der Waals surface area contributed by atoms with Crippen LogP contribution in [0.4, 0.5) is 4.79 Å². The maximum absolute atomic E-state index is 12.2. The molecule has 9 atom stereocenters. The Labute approximate surface area is 201 Å². The summed E-state index contributed by atoms with van der Waals surface area (Å²) in [6.07, 6.45) is -7.08. The lowest BCUT2D eigenvalue weighted by Crippen LogP contribution is -2.58. The number of azide groups is 2. The number of ether oxygens (including phenoxy) is 3. The van der Waals surface area contributed by atoms with Gasteiger partial charge in [0.2, 0.25) is 0 Å². The number of nitrogens with zero attached hydrogens (tertiary/aromatic N) is 6. The van der Waals surface area contributed by atoms with Crippen molar-refractivity contribution >= 4 is 6.09 Å². The third-order valence-corrected chi connectivity index (χ3v) is 6.12. The van der Waals surface area contributed by atoms with Gasteiger partial charge in [0.1, 0.15) is 18.8 Å². The number of benzene rings is 1. The van der Waals surface area contributed by atoms with Crippen LogP contribution in [0, 0.1) is 0 Å². The number of hydrogen-bond acceptors (Lipinski definition) is 9. The number of carbonyl (C=O) groups excluding carboxylic acids is 1. The van der Waals surface area contributed by atoms with Crippen molar-refractivity contribution in [2.75, 3.05) is 0 Å². The van der Waals surface area contributed by atoms with E-state index in [-0.39, 0.29) is 19.4 Å². The van der Waals surface area contributed by atoms with E-state index in [4.69, 9.17) is 25.3 Å². The van der Waals surface area contributed by atoms with Gasteiger partial charge in [-0.1, -0.05) is 40.6 Å². The van der Waals surface area contributed by atoms with Crippen LogP contribution in [0.1, 0.15) is 31.7 Å². The van der Waals surface area contributed by atoms with E-state index in [0.717, 1.165) is 5.56 Å². The standard InChI is InChI=1S/C21H29N7O7/c1-11(24-21(32)33-10-12-5-3-2-4-6-12)16-8-7-15(29)20(34-16)35-19-14(26-28-23)9-13(25-27-22)17(30)18(19)31/h2-6,11,13-20,29-31H,7-10H2,1H3,(H,24,32)/t11-,13?,14?,15+,16+,17+,18-,19-,20-/m1/s1. The second kappa shape index (κ2) is 12.6. The quantitative estimate of drug-likeness (QED) is 0.241. The predicted octanol–water partition coefficient (Wildman–Crippen LogP) is 2.04. The Balaban J connectivity index is 1.59. The summed E-state index contributed by atoms with van der Waals surface area (Å²) in [6, 6.07) is 6.72. The number of carbonyl (C=O) groups is 1. The minimum atomic E-state index is -1.56. The largest absolute Gasteiger partial charge is 0.445 e. The molecule has 3 rings (SSSR count). The van der Waals surface area contributed by atoms with Gasteiger partial charge in [0.15, 0.2) is 6.29 Å². The summed E-state index contributed by atoms with van der Waals surface area (Å²) in [5.74, 6) is 0. The number of nitrogens with one attached hydrogen (secondary N) is 1. The van der Waals surface area contributed by atoms with Crippen LogP contribution in [0.3, 0.4) is 0 Å². The Morgan fingerprint density at radius 1 is 1.14 bits per heavy atom. The fourth-order valence-electron chi connectivity index (χ4n) is 4.19. The smallest absolute Gasteiger partial charge is 0.407 e.